The number of aromatic hydroxyl groups is 2. The molecular formula is C18H12BrF2NO2. The molecule has 0 aliphatic heterocycles. The fourth-order valence-electron chi connectivity index (χ4n) is 2.43. The van der Waals surface area contributed by atoms with Crippen LogP contribution >= 0.6 is 15.9 Å². The molecule has 0 aliphatic rings. The molecule has 0 heterocycles. The summed E-state index contributed by atoms with van der Waals surface area (Å²) in [4.78, 5) is 1.14. The smallest absolute Gasteiger partial charge is 0.150 e. The summed E-state index contributed by atoms with van der Waals surface area (Å²) in [5.41, 5.74) is -0.159. The van der Waals surface area contributed by atoms with E-state index in [-0.39, 0.29) is 22.9 Å². The standard InChI is InChI=1S/C18H12BrF2NO2/c19-11-5-3-10-16(24)17(11)22(14-8-1-2-9-15(14)23)18-12(20)6-4-7-13(18)21/h1-10,23-24H. The van der Waals surface area contributed by atoms with Crippen LogP contribution in [0.15, 0.2) is 65.1 Å². The number of para-hydroxylation sites is 4. The van der Waals surface area contributed by atoms with E-state index in [9.17, 15) is 19.0 Å². The molecular weight excluding hydrogens is 380 g/mol. The first-order valence-electron chi connectivity index (χ1n) is 7.00. The zero-order chi connectivity index (χ0) is 17.3. The van der Waals surface area contributed by atoms with Gasteiger partial charge in [-0.05, 0) is 52.3 Å². The van der Waals surface area contributed by atoms with Gasteiger partial charge < -0.3 is 10.2 Å². The summed E-state index contributed by atoms with van der Waals surface area (Å²) in [6.07, 6.45) is 0. The van der Waals surface area contributed by atoms with Gasteiger partial charge in [0, 0.05) is 4.47 Å². The quantitative estimate of drug-likeness (QED) is 0.609. The topological polar surface area (TPSA) is 43.7 Å². The van der Waals surface area contributed by atoms with E-state index < -0.39 is 17.3 Å². The Balaban J connectivity index is 2.37. The van der Waals surface area contributed by atoms with Crippen LogP contribution in [0.25, 0.3) is 0 Å². The van der Waals surface area contributed by atoms with E-state index >= 15 is 0 Å². The molecule has 0 unspecified atom stereocenters. The van der Waals surface area contributed by atoms with Gasteiger partial charge in [-0.1, -0.05) is 24.3 Å². The number of rotatable bonds is 3. The van der Waals surface area contributed by atoms with Crippen LogP contribution in [0.5, 0.6) is 11.5 Å². The van der Waals surface area contributed by atoms with E-state index in [0.717, 1.165) is 17.0 Å². The molecule has 3 aromatic carbocycles. The highest BCUT2D eigenvalue weighted by Crippen LogP contribution is 2.47. The Kier molecular flexibility index (Phi) is 4.40. The molecule has 0 atom stereocenters. The third kappa shape index (κ3) is 2.80. The van der Waals surface area contributed by atoms with Crippen molar-refractivity contribution in [3.05, 3.63) is 76.8 Å². The molecule has 0 bridgehead atoms. The second kappa shape index (κ2) is 6.49. The van der Waals surface area contributed by atoms with Gasteiger partial charge in [0.05, 0.1) is 5.69 Å². The van der Waals surface area contributed by atoms with Gasteiger partial charge in [-0.2, -0.15) is 0 Å². The van der Waals surface area contributed by atoms with E-state index in [4.69, 9.17) is 0 Å². The van der Waals surface area contributed by atoms with Crippen molar-refractivity contribution in [1.82, 2.24) is 0 Å². The number of benzene rings is 3. The monoisotopic (exact) mass is 391 g/mol. The first-order chi connectivity index (χ1) is 11.5. The van der Waals surface area contributed by atoms with Crippen molar-refractivity contribution in [2.24, 2.45) is 0 Å². The maximum absolute atomic E-state index is 14.4. The summed E-state index contributed by atoms with van der Waals surface area (Å²) in [5, 5.41) is 20.4. The normalized spacial score (nSPS) is 10.6. The SMILES string of the molecule is Oc1ccccc1N(c1c(F)cccc1F)c1c(O)cccc1Br. The fourth-order valence-corrected chi connectivity index (χ4v) is 2.97. The van der Waals surface area contributed by atoms with Crippen LogP contribution in [0, 0.1) is 11.6 Å². The van der Waals surface area contributed by atoms with Crippen molar-refractivity contribution in [2.75, 3.05) is 4.90 Å². The number of hydrogen-bond donors (Lipinski definition) is 2. The zero-order valence-corrected chi connectivity index (χ0v) is 13.8. The Hall–Kier alpha value is -2.60. The molecule has 0 fully saturated rings. The maximum Gasteiger partial charge on any atom is 0.150 e. The third-order valence-electron chi connectivity index (χ3n) is 3.47. The molecule has 0 saturated heterocycles. The lowest BCUT2D eigenvalue weighted by molar-refractivity contribution is 0.471. The molecule has 3 rings (SSSR count). The Labute approximate surface area is 145 Å². The Morgan fingerprint density at radius 2 is 1.29 bits per heavy atom. The molecule has 2 N–H and O–H groups in total. The minimum Gasteiger partial charge on any atom is -0.506 e. The Morgan fingerprint density at radius 3 is 1.92 bits per heavy atom. The molecule has 0 radical (unpaired) electrons. The van der Waals surface area contributed by atoms with Crippen LogP contribution in [0.3, 0.4) is 0 Å². The average Bonchev–Trinajstić information content (AvgIpc) is 2.53. The van der Waals surface area contributed by atoms with Crippen molar-refractivity contribution in [1.29, 1.82) is 0 Å². The second-order valence-corrected chi connectivity index (χ2v) is 5.86. The third-order valence-corrected chi connectivity index (χ3v) is 4.11. The lowest BCUT2D eigenvalue weighted by atomic mass is 10.1. The van der Waals surface area contributed by atoms with Crippen LogP contribution in [0.2, 0.25) is 0 Å². The lowest BCUT2D eigenvalue weighted by Gasteiger charge is -2.28. The van der Waals surface area contributed by atoms with Crippen molar-refractivity contribution < 1.29 is 19.0 Å². The van der Waals surface area contributed by atoms with Gasteiger partial charge in [0.1, 0.15) is 34.5 Å². The van der Waals surface area contributed by atoms with E-state index in [0.29, 0.717) is 4.47 Å². The van der Waals surface area contributed by atoms with Crippen LogP contribution in [0.4, 0.5) is 25.8 Å². The van der Waals surface area contributed by atoms with Crippen molar-refractivity contribution in [3.8, 4) is 11.5 Å². The molecule has 122 valence electrons. The summed E-state index contributed by atoms with van der Waals surface area (Å²) in [7, 11) is 0. The number of hydrogen-bond acceptors (Lipinski definition) is 3. The van der Waals surface area contributed by atoms with Gasteiger partial charge >= 0.3 is 0 Å². The largest absolute Gasteiger partial charge is 0.506 e. The zero-order valence-electron chi connectivity index (χ0n) is 12.2. The summed E-state index contributed by atoms with van der Waals surface area (Å²) >= 11 is 3.29. The molecule has 0 aliphatic carbocycles. The highest BCUT2D eigenvalue weighted by Gasteiger charge is 2.26. The van der Waals surface area contributed by atoms with Gasteiger partial charge in [-0.25, -0.2) is 8.78 Å². The van der Waals surface area contributed by atoms with E-state index in [1.807, 2.05) is 0 Å². The van der Waals surface area contributed by atoms with Crippen molar-refractivity contribution >= 4 is 33.0 Å². The summed E-state index contributed by atoms with van der Waals surface area (Å²) in [5.74, 6) is -2.03. The van der Waals surface area contributed by atoms with E-state index in [2.05, 4.69) is 15.9 Å². The maximum atomic E-state index is 14.4. The number of anilines is 3. The van der Waals surface area contributed by atoms with E-state index in [1.54, 1.807) is 24.3 Å². The first-order valence-corrected chi connectivity index (χ1v) is 7.79. The minimum atomic E-state index is -0.826. The number of halogens is 3. The van der Waals surface area contributed by atoms with Crippen LogP contribution in [-0.2, 0) is 0 Å². The van der Waals surface area contributed by atoms with Crippen LogP contribution in [0.1, 0.15) is 0 Å². The minimum absolute atomic E-state index is 0.114. The van der Waals surface area contributed by atoms with Gasteiger partial charge in [-0.15, -0.1) is 0 Å². The highest BCUT2D eigenvalue weighted by atomic mass is 79.9. The van der Waals surface area contributed by atoms with Gasteiger partial charge in [-0.3, -0.25) is 4.90 Å². The molecule has 0 saturated carbocycles. The molecule has 24 heavy (non-hydrogen) atoms. The predicted octanol–water partition coefficient (Wildman–Crippen LogP) is 5.61. The highest BCUT2D eigenvalue weighted by molar-refractivity contribution is 9.10. The fraction of sp³-hybridized carbons (Fsp3) is 0. The molecule has 0 amide bonds. The summed E-state index contributed by atoms with van der Waals surface area (Å²) in [6.45, 7) is 0. The molecule has 0 spiro atoms. The predicted molar refractivity (Wildman–Crippen MR) is 92.1 cm³/mol. The van der Waals surface area contributed by atoms with Crippen molar-refractivity contribution in [2.45, 2.75) is 0 Å². The molecule has 0 aromatic heterocycles. The number of nitrogens with zero attached hydrogens (tertiary/aromatic N) is 1. The van der Waals surface area contributed by atoms with Gasteiger partial charge in [0.15, 0.2) is 0 Å². The molecule has 3 aromatic rings. The molecule has 6 heteroatoms. The van der Waals surface area contributed by atoms with E-state index in [1.165, 1.54) is 24.3 Å². The van der Waals surface area contributed by atoms with Gasteiger partial charge in [0.2, 0.25) is 0 Å². The van der Waals surface area contributed by atoms with Crippen LogP contribution < -0.4 is 4.90 Å². The Bertz CT molecular complexity index is 810. The average molecular weight is 392 g/mol. The molecule has 3 nitrogen and oxygen atoms in total. The Morgan fingerprint density at radius 1 is 0.708 bits per heavy atom. The van der Waals surface area contributed by atoms with Gasteiger partial charge in [0.25, 0.3) is 0 Å². The summed E-state index contributed by atoms with van der Waals surface area (Å²) in [6, 6.07) is 14.2. The number of phenolic OH excluding ortho intramolecular Hbond substituents is 2. The number of phenols is 2. The lowest BCUT2D eigenvalue weighted by Crippen LogP contribution is -2.14. The second-order valence-electron chi connectivity index (χ2n) is 5.00. The summed E-state index contributed by atoms with van der Waals surface area (Å²) < 4.78 is 29.2. The first kappa shape index (κ1) is 16.3. The van der Waals surface area contributed by atoms with Crippen LogP contribution in [-0.4, -0.2) is 10.2 Å². The van der Waals surface area contributed by atoms with Crippen molar-refractivity contribution in [3.63, 3.8) is 0 Å².